The summed E-state index contributed by atoms with van der Waals surface area (Å²) < 4.78 is 0.930. The molecule has 2 N–H and O–H groups in total. The van der Waals surface area contributed by atoms with Crippen molar-refractivity contribution in [3.05, 3.63) is 21.3 Å². The van der Waals surface area contributed by atoms with E-state index in [1.54, 1.807) is 11.3 Å². The second-order valence-corrected chi connectivity index (χ2v) is 5.10. The zero-order chi connectivity index (χ0) is 8.60. The van der Waals surface area contributed by atoms with Gasteiger partial charge < -0.3 is 5.73 Å². The van der Waals surface area contributed by atoms with Gasteiger partial charge in [-0.25, -0.2) is 0 Å². The third kappa shape index (κ3) is 1.82. The molecule has 0 radical (unpaired) electrons. The molecule has 0 aliphatic heterocycles. The first-order valence-corrected chi connectivity index (χ1v) is 5.46. The molecule has 0 amide bonds. The number of thiophene rings is 1. The molecule has 0 atom stereocenters. The van der Waals surface area contributed by atoms with Gasteiger partial charge in [-0.05, 0) is 42.7 Å². The van der Waals surface area contributed by atoms with E-state index in [-0.39, 0.29) is 5.54 Å². The lowest BCUT2D eigenvalue weighted by atomic mass is 10.1. The van der Waals surface area contributed by atoms with Crippen LogP contribution in [0.4, 0.5) is 0 Å². The Morgan fingerprint density at radius 1 is 1.58 bits per heavy atom. The zero-order valence-corrected chi connectivity index (χ0v) is 8.42. The molecule has 1 heterocycles. The van der Waals surface area contributed by atoms with Crippen LogP contribution in [0.5, 0.6) is 0 Å². The topological polar surface area (TPSA) is 26.0 Å². The van der Waals surface area contributed by atoms with Crippen LogP contribution < -0.4 is 5.73 Å². The normalized spacial score (nSPS) is 19.5. The fraction of sp³-hybridized carbons (Fsp3) is 0.556. The molecular formula is C9H12ClNS. The molecular weight excluding hydrogens is 190 g/mol. The third-order valence-corrected chi connectivity index (χ3v) is 3.73. The van der Waals surface area contributed by atoms with Crippen LogP contribution in [0.1, 0.15) is 24.8 Å². The first kappa shape index (κ1) is 8.54. The van der Waals surface area contributed by atoms with Crippen molar-refractivity contribution in [3.63, 3.8) is 0 Å². The largest absolute Gasteiger partial charge is 0.325 e. The Kier molecular flexibility index (Phi) is 2.15. The molecule has 0 saturated heterocycles. The predicted molar refractivity (Wildman–Crippen MR) is 53.8 cm³/mol. The van der Waals surface area contributed by atoms with Gasteiger partial charge in [-0.1, -0.05) is 11.6 Å². The summed E-state index contributed by atoms with van der Waals surface area (Å²) in [5.41, 5.74) is 7.39. The number of hydrogen-bond acceptors (Lipinski definition) is 2. The fourth-order valence-corrected chi connectivity index (χ4v) is 2.28. The standard InChI is InChI=1S/C9H12ClNS/c10-8-7(2-6-12-8)1-3-9(11)4-5-9/h2,6H,1,3-5,11H2. The van der Waals surface area contributed by atoms with Crippen LogP contribution >= 0.6 is 22.9 Å². The summed E-state index contributed by atoms with van der Waals surface area (Å²) in [6.07, 6.45) is 4.51. The quantitative estimate of drug-likeness (QED) is 0.800. The minimum atomic E-state index is 0.158. The average Bonchev–Trinajstić information content (AvgIpc) is 2.61. The second kappa shape index (κ2) is 3.02. The maximum Gasteiger partial charge on any atom is 0.0960 e. The van der Waals surface area contributed by atoms with E-state index in [9.17, 15) is 0 Å². The summed E-state index contributed by atoms with van der Waals surface area (Å²) >= 11 is 7.57. The number of aryl methyl sites for hydroxylation is 1. The number of halogens is 1. The summed E-state index contributed by atoms with van der Waals surface area (Å²) in [6.45, 7) is 0. The predicted octanol–water partition coefficient (Wildman–Crippen LogP) is 2.83. The molecule has 1 saturated carbocycles. The minimum absolute atomic E-state index is 0.158. The van der Waals surface area contributed by atoms with E-state index in [1.165, 1.54) is 18.4 Å². The monoisotopic (exact) mass is 201 g/mol. The van der Waals surface area contributed by atoms with Gasteiger partial charge in [-0.2, -0.15) is 0 Å². The Bertz CT molecular complexity index is 278. The molecule has 12 heavy (non-hydrogen) atoms. The maximum atomic E-state index is 5.97. The smallest absolute Gasteiger partial charge is 0.0960 e. The van der Waals surface area contributed by atoms with Crippen molar-refractivity contribution in [3.8, 4) is 0 Å². The molecule has 2 rings (SSSR count). The highest BCUT2D eigenvalue weighted by atomic mass is 35.5. The van der Waals surface area contributed by atoms with E-state index < -0.39 is 0 Å². The fourth-order valence-electron chi connectivity index (χ4n) is 1.29. The van der Waals surface area contributed by atoms with E-state index in [0.29, 0.717) is 0 Å². The van der Waals surface area contributed by atoms with E-state index in [0.717, 1.165) is 17.2 Å². The van der Waals surface area contributed by atoms with Gasteiger partial charge >= 0.3 is 0 Å². The summed E-state index contributed by atoms with van der Waals surface area (Å²) in [4.78, 5) is 0. The molecule has 1 nitrogen and oxygen atoms in total. The number of nitrogens with two attached hydrogens (primary N) is 1. The van der Waals surface area contributed by atoms with Crippen molar-refractivity contribution in [2.24, 2.45) is 5.73 Å². The zero-order valence-electron chi connectivity index (χ0n) is 6.85. The van der Waals surface area contributed by atoms with Crippen molar-refractivity contribution in [2.75, 3.05) is 0 Å². The van der Waals surface area contributed by atoms with Gasteiger partial charge in [0.1, 0.15) is 0 Å². The van der Waals surface area contributed by atoms with Crippen LogP contribution in [0.3, 0.4) is 0 Å². The van der Waals surface area contributed by atoms with Gasteiger partial charge in [-0.15, -0.1) is 11.3 Å². The summed E-state index contributed by atoms with van der Waals surface area (Å²) in [7, 11) is 0. The average molecular weight is 202 g/mol. The van der Waals surface area contributed by atoms with Crippen LogP contribution in [-0.4, -0.2) is 5.54 Å². The second-order valence-electron chi connectivity index (χ2n) is 3.58. The SMILES string of the molecule is NC1(CCc2ccsc2Cl)CC1. The molecule has 0 aromatic carbocycles. The van der Waals surface area contributed by atoms with Gasteiger partial charge in [0, 0.05) is 5.54 Å². The van der Waals surface area contributed by atoms with Crippen molar-refractivity contribution in [1.29, 1.82) is 0 Å². The van der Waals surface area contributed by atoms with E-state index >= 15 is 0 Å². The highest BCUT2D eigenvalue weighted by Crippen LogP contribution is 2.37. The van der Waals surface area contributed by atoms with Crippen molar-refractivity contribution in [1.82, 2.24) is 0 Å². The van der Waals surface area contributed by atoms with E-state index in [4.69, 9.17) is 17.3 Å². The minimum Gasteiger partial charge on any atom is -0.325 e. The lowest BCUT2D eigenvalue weighted by Crippen LogP contribution is -2.21. The molecule has 0 bridgehead atoms. The number of hydrogen-bond donors (Lipinski definition) is 1. The molecule has 1 aliphatic carbocycles. The summed E-state index contributed by atoms with van der Waals surface area (Å²) in [6, 6.07) is 2.10. The molecule has 1 aliphatic rings. The van der Waals surface area contributed by atoms with Gasteiger partial charge in [-0.3, -0.25) is 0 Å². The maximum absolute atomic E-state index is 5.97. The Hall–Kier alpha value is -0.0500. The van der Waals surface area contributed by atoms with E-state index in [2.05, 4.69) is 6.07 Å². The van der Waals surface area contributed by atoms with E-state index in [1.807, 2.05) is 5.38 Å². The Balaban J connectivity index is 1.91. The van der Waals surface area contributed by atoms with Gasteiger partial charge in [0.05, 0.1) is 4.34 Å². The van der Waals surface area contributed by atoms with Crippen LogP contribution in [0.2, 0.25) is 4.34 Å². The molecule has 1 fully saturated rings. The van der Waals surface area contributed by atoms with Crippen molar-refractivity contribution in [2.45, 2.75) is 31.2 Å². The Labute approximate surface area is 81.5 Å². The van der Waals surface area contributed by atoms with Crippen LogP contribution in [0.25, 0.3) is 0 Å². The molecule has 3 heteroatoms. The van der Waals surface area contributed by atoms with Gasteiger partial charge in [0.15, 0.2) is 0 Å². The molecule has 0 unspecified atom stereocenters. The summed E-state index contributed by atoms with van der Waals surface area (Å²) in [5.74, 6) is 0. The Morgan fingerprint density at radius 2 is 2.33 bits per heavy atom. The molecule has 0 spiro atoms. The van der Waals surface area contributed by atoms with Crippen LogP contribution in [-0.2, 0) is 6.42 Å². The van der Waals surface area contributed by atoms with Crippen molar-refractivity contribution < 1.29 is 0 Å². The van der Waals surface area contributed by atoms with Crippen LogP contribution in [0, 0.1) is 0 Å². The lowest BCUT2D eigenvalue weighted by molar-refractivity contribution is 0.610. The molecule has 1 aromatic rings. The first-order valence-electron chi connectivity index (χ1n) is 4.20. The molecule has 1 aromatic heterocycles. The molecule has 66 valence electrons. The van der Waals surface area contributed by atoms with Gasteiger partial charge in [0.2, 0.25) is 0 Å². The highest BCUT2D eigenvalue weighted by molar-refractivity contribution is 7.14. The Morgan fingerprint density at radius 3 is 2.83 bits per heavy atom. The summed E-state index contributed by atoms with van der Waals surface area (Å²) in [5, 5.41) is 2.04. The first-order chi connectivity index (χ1) is 5.70. The van der Waals surface area contributed by atoms with Gasteiger partial charge in [0.25, 0.3) is 0 Å². The highest BCUT2D eigenvalue weighted by Gasteiger charge is 2.37. The number of rotatable bonds is 3. The third-order valence-electron chi connectivity index (χ3n) is 2.48. The lowest BCUT2D eigenvalue weighted by Gasteiger charge is -2.06. The van der Waals surface area contributed by atoms with Crippen LogP contribution in [0.15, 0.2) is 11.4 Å². The van der Waals surface area contributed by atoms with Crippen molar-refractivity contribution >= 4 is 22.9 Å².